The number of nitrogens with zero attached hydrogens (tertiary/aromatic N) is 2. The summed E-state index contributed by atoms with van der Waals surface area (Å²) in [5.74, 6) is -0.173. The van der Waals surface area contributed by atoms with E-state index in [0.717, 1.165) is 17.3 Å². The second kappa shape index (κ2) is 8.00. The lowest BCUT2D eigenvalue weighted by molar-refractivity contribution is -0.131. The molecule has 1 aliphatic heterocycles. The predicted octanol–water partition coefficient (Wildman–Crippen LogP) is 2.60. The molecule has 0 spiro atoms. The number of rotatable bonds is 5. The summed E-state index contributed by atoms with van der Waals surface area (Å²) in [6.07, 6.45) is 1.03. The molecular formula is C19H24FN3O4S. The van der Waals surface area contributed by atoms with Gasteiger partial charge in [0.05, 0.1) is 12.2 Å². The summed E-state index contributed by atoms with van der Waals surface area (Å²) in [6, 6.07) is 3.53. The predicted molar refractivity (Wildman–Crippen MR) is 100 cm³/mol. The van der Waals surface area contributed by atoms with E-state index in [1.807, 2.05) is 6.92 Å². The SMILES string of the molecule is Cc1ccc(F)c(S(=O)(=O)NC2CCC(=O)N(Cc3c(C)noc3C)CC2)c1. The zero-order valence-electron chi connectivity index (χ0n) is 16.2. The largest absolute Gasteiger partial charge is 0.361 e. The van der Waals surface area contributed by atoms with Gasteiger partial charge in [0.25, 0.3) is 0 Å². The molecule has 1 amide bonds. The Morgan fingerprint density at radius 1 is 1.29 bits per heavy atom. The number of hydrogen-bond donors (Lipinski definition) is 1. The van der Waals surface area contributed by atoms with Crippen LogP contribution < -0.4 is 4.72 Å². The van der Waals surface area contributed by atoms with Crippen molar-refractivity contribution in [2.75, 3.05) is 6.54 Å². The minimum atomic E-state index is -4.01. The van der Waals surface area contributed by atoms with Gasteiger partial charge in [0.2, 0.25) is 15.9 Å². The van der Waals surface area contributed by atoms with Crippen molar-refractivity contribution in [2.45, 2.75) is 57.5 Å². The fourth-order valence-electron chi connectivity index (χ4n) is 3.34. The molecule has 1 N–H and O–H groups in total. The third-order valence-corrected chi connectivity index (χ3v) is 6.57. The molecule has 2 aromatic rings. The van der Waals surface area contributed by atoms with E-state index in [1.165, 1.54) is 12.1 Å². The zero-order chi connectivity index (χ0) is 20.5. The molecule has 1 atom stereocenters. The monoisotopic (exact) mass is 409 g/mol. The fourth-order valence-corrected chi connectivity index (χ4v) is 4.81. The number of carbonyl (C=O) groups excluding carboxylic acids is 1. The Labute approximate surface area is 163 Å². The van der Waals surface area contributed by atoms with E-state index in [2.05, 4.69) is 9.88 Å². The molecule has 0 bridgehead atoms. The Morgan fingerprint density at radius 2 is 2.04 bits per heavy atom. The van der Waals surface area contributed by atoms with E-state index in [9.17, 15) is 17.6 Å². The highest BCUT2D eigenvalue weighted by Crippen LogP contribution is 2.22. The van der Waals surface area contributed by atoms with Gasteiger partial charge < -0.3 is 9.42 Å². The van der Waals surface area contributed by atoms with Gasteiger partial charge in [-0.2, -0.15) is 0 Å². The van der Waals surface area contributed by atoms with Crippen molar-refractivity contribution in [1.82, 2.24) is 14.8 Å². The smallest absolute Gasteiger partial charge is 0.243 e. The Morgan fingerprint density at radius 3 is 2.71 bits per heavy atom. The standard InChI is InChI=1S/C19H24FN3O4S/c1-12-4-6-17(20)18(10-12)28(25,26)22-15-5-7-19(24)23(9-8-15)11-16-13(2)21-27-14(16)3/h4,6,10,15,22H,5,7-9,11H2,1-3H3. The van der Waals surface area contributed by atoms with E-state index in [0.29, 0.717) is 37.3 Å². The Balaban J connectivity index is 1.71. The molecule has 1 aromatic carbocycles. The lowest BCUT2D eigenvalue weighted by Gasteiger charge is -2.21. The second-order valence-electron chi connectivity index (χ2n) is 7.20. The molecule has 0 saturated carbocycles. The summed E-state index contributed by atoms with van der Waals surface area (Å²) in [6.45, 7) is 6.10. The average Bonchev–Trinajstić information content (AvgIpc) is 2.84. The normalized spacial score (nSPS) is 18.4. The van der Waals surface area contributed by atoms with Gasteiger partial charge >= 0.3 is 0 Å². The topological polar surface area (TPSA) is 92.5 Å². The first-order valence-corrected chi connectivity index (χ1v) is 10.6. The Kier molecular flexibility index (Phi) is 5.85. The van der Waals surface area contributed by atoms with Crippen molar-refractivity contribution in [3.63, 3.8) is 0 Å². The van der Waals surface area contributed by atoms with Gasteiger partial charge in [-0.05, 0) is 51.3 Å². The molecule has 0 radical (unpaired) electrons. The van der Waals surface area contributed by atoms with Gasteiger partial charge in [0.15, 0.2) is 0 Å². The summed E-state index contributed by atoms with van der Waals surface area (Å²) in [7, 11) is -4.01. The molecule has 1 saturated heterocycles. The molecule has 9 heteroatoms. The van der Waals surface area contributed by atoms with Crippen LogP contribution in [0.4, 0.5) is 4.39 Å². The van der Waals surface area contributed by atoms with E-state index < -0.39 is 21.9 Å². The molecule has 28 heavy (non-hydrogen) atoms. The van der Waals surface area contributed by atoms with Gasteiger partial charge in [0, 0.05) is 24.6 Å². The van der Waals surface area contributed by atoms with Crippen LogP contribution in [0.15, 0.2) is 27.6 Å². The molecular weight excluding hydrogens is 385 g/mol. The van der Waals surface area contributed by atoms with Gasteiger partial charge in [-0.25, -0.2) is 17.5 Å². The van der Waals surface area contributed by atoms with Gasteiger partial charge in [-0.15, -0.1) is 0 Å². The third kappa shape index (κ3) is 4.41. The fraction of sp³-hybridized carbons (Fsp3) is 0.474. The number of sulfonamides is 1. The van der Waals surface area contributed by atoms with Crippen LogP contribution in [-0.2, 0) is 21.4 Å². The van der Waals surface area contributed by atoms with Crippen molar-refractivity contribution in [3.05, 3.63) is 46.6 Å². The molecule has 1 unspecified atom stereocenters. The molecule has 2 heterocycles. The lowest BCUT2D eigenvalue weighted by Crippen LogP contribution is -2.36. The van der Waals surface area contributed by atoms with Crippen LogP contribution in [0.1, 0.15) is 41.8 Å². The molecule has 3 rings (SSSR count). The molecule has 0 aliphatic carbocycles. The van der Waals surface area contributed by atoms with E-state index in [1.54, 1.807) is 18.7 Å². The highest BCUT2D eigenvalue weighted by Gasteiger charge is 2.28. The molecule has 152 valence electrons. The van der Waals surface area contributed by atoms with Gasteiger partial charge in [0.1, 0.15) is 16.5 Å². The molecule has 1 aliphatic rings. The molecule has 7 nitrogen and oxygen atoms in total. The van der Waals surface area contributed by atoms with E-state index in [-0.39, 0.29) is 17.2 Å². The summed E-state index contributed by atoms with van der Waals surface area (Å²) in [5, 5.41) is 3.90. The summed E-state index contributed by atoms with van der Waals surface area (Å²) < 4.78 is 47.0. The first-order chi connectivity index (χ1) is 13.2. The minimum absolute atomic E-state index is 0.0524. The van der Waals surface area contributed by atoms with Gasteiger partial charge in [-0.1, -0.05) is 11.2 Å². The number of hydrogen-bond acceptors (Lipinski definition) is 5. The van der Waals surface area contributed by atoms with Crippen LogP contribution in [-0.4, -0.2) is 37.0 Å². The minimum Gasteiger partial charge on any atom is -0.361 e. The number of halogens is 1. The summed E-state index contributed by atoms with van der Waals surface area (Å²) >= 11 is 0. The van der Waals surface area contributed by atoms with Crippen molar-refractivity contribution >= 4 is 15.9 Å². The first kappa shape index (κ1) is 20.5. The number of aryl methyl sites for hydroxylation is 3. The van der Waals surface area contributed by atoms with Crippen LogP contribution in [0.3, 0.4) is 0 Å². The zero-order valence-corrected chi connectivity index (χ0v) is 17.0. The number of nitrogens with one attached hydrogen (secondary N) is 1. The second-order valence-corrected chi connectivity index (χ2v) is 8.88. The maximum absolute atomic E-state index is 14.0. The number of amides is 1. The first-order valence-electron chi connectivity index (χ1n) is 9.15. The van der Waals surface area contributed by atoms with E-state index >= 15 is 0 Å². The van der Waals surface area contributed by atoms with E-state index in [4.69, 9.17) is 4.52 Å². The summed E-state index contributed by atoms with van der Waals surface area (Å²) in [5.41, 5.74) is 2.26. The maximum Gasteiger partial charge on any atom is 0.243 e. The maximum atomic E-state index is 14.0. The highest BCUT2D eigenvalue weighted by atomic mass is 32.2. The quantitative estimate of drug-likeness (QED) is 0.819. The number of aromatic nitrogens is 1. The highest BCUT2D eigenvalue weighted by molar-refractivity contribution is 7.89. The number of benzene rings is 1. The Bertz CT molecular complexity index is 968. The van der Waals surface area contributed by atoms with Crippen LogP contribution in [0, 0.1) is 26.6 Å². The van der Waals surface area contributed by atoms with Crippen LogP contribution in [0.5, 0.6) is 0 Å². The molecule has 1 fully saturated rings. The van der Waals surface area contributed by atoms with Gasteiger partial charge in [-0.3, -0.25) is 4.79 Å². The summed E-state index contributed by atoms with van der Waals surface area (Å²) in [4.78, 5) is 13.8. The third-order valence-electron chi connectivity index (χ3n) is 5.04. The average molecular weight is 409 g/mol. The molecule has 1 aromatic heterocycles. The Hall–Kier alpha value is -2.26. The van der Waals surface area contributed by atoms with Crippen molar-refractivity contribution in [3.8, 4) is 0 Å². The number of likely N-dealkylation sites (tertiary alicyclic amines) is 1. The number of carbonyl (C=O) groups is 1. The van der Waals surface area contributed by atoms with Crippen molar-refractivity contribution in [2.24, 2.45) is 0 Å². The van der Waals surface area contributed by atoms with Crippen LogP contribution in [0.25, 0.3) is 0 Å². The lowest BCUT2D eigenvalue weighted by atomic mass is 10.1. The van der Waals surface area contributed by atoms with Crippen molar-refractivity contribution < 1.29 is 22.1 Å². The van der Waals surface area contributed by atoms with Crippen molar-refractivity contribution in [1.29, 1.82) is 0 Å². The van der Waals surface area contributed by atoms with Crippen LogP contribution in [0.2, 0.25) is 0 Å². The van der Waals surface area contributed by atoms with Crippen LogP contribution >= 0.6 is 0 Å².